The largest absolute Gasteiger partial charge is 0.399 e. The van der Waals surface area contributed by atoms with Crippen LogP contribution in [-0.2, 0) is 0 Å². The Kier molecular flexibility index (Phi) is 3.77. The number of nitrogens with two attached hydrogens (primary N) is 1. The lowest BCUT2D eigenvalue weighted by molar-refractivity contribution is 0.391. The zero-order chi connectivity index (χ0) is 12.4. The van der Waals surface area contributed by atoms with Crippen LogP contribution < -0.4 is 11.1 Å². The number of hydrogen-bond acceptors (Lipinski definition) is 3. The highest BCUT2D eigenvalue weighted by molar-refractivity contribution is 6.29. The van der Waals surface area contributed by atoms with Crippen molar-refractivity contribution in [3.8, 4) is 0 Å². The molecule has 1 fully saturated rings. The monoisotopic (exact) mass is 253 g/mol. The average molecular weight is 254 g/mol. The summed E-state index contributed by atoms with van der Waals surface area (Å²) in [5, 5.41) is 3.91. The molecule has 3 N–H and O–H groups in total. The third-order valence-corrected chi connectivity index (χ3v) is 4.09. The van der Waals surface area contributed by atoms with E-state index in [-0.39, 0.29) is 0 Å². The van der Waals surface area contributed by atoms with E-state index in [0.717, 1.165) is 11.7 Å². The Morgan fingerprint density at radius 1 is 1.47 bits per heavy atom. The first-order chi connectivity index (χ1) is 8.10. The number of aromatic nitrogens is 1. The molecular formula is C13H20ClN3. The lowest BCUT2D eigenvalue weighted by Gasteiger charge is -2.21. The molecule has 1 heterocycles. The molecule has 1 aromatic heterocycles. The van der Waals surface area contributed by atoms with E-state index >= 15 is 0 Å². The number of nitrogen functional groups attached to an aromatic ring is 1. The predicted molar refractivity (Wildman–Crippen MR) is 73.2 cm³/mol. The summed E-state index contributed by atoms with van der Waals surface area (Å²) in [7, 11) is 0. The molecule has 0 spiro atoms. The summed E-state index contributed by atoms with van der Waals surface area (Å²) in [5.41, 5.74) is 6.41. The van der Waals surface area contributed by atoms with Crippen molar-refractivity contribution in [1.29, 1.82) is 0 Å². The Bertz CT molecular complexity index is 374. The highest BCUT2D eigenvalue weighted by Crippen LogP contribution is 2.35. The molecule has 94 valence electrons. The topological polar surface area (TPSA) is 50.9 Å². The second-order valence-corrected chi connectivity index (χ2v) is 5.35. The van der Waals surface area contributed by atoms with Crippen molar-refractivity contribution in [2.24, 2.45) is 11.8 Å². The van der Waals surface area contributed by atoms with Crippen LogP contribution in [0, 0.1) is 11.8 Å². The molecule has 2 rings (SSSR count). The van der Waals surface area contributed by atoms with Gasteiger partial charge in [0, 0.05) is 17.8 Å². The second kappa shape index (κ2) is 5.13. The molecule has 1 aromatic rings. The van der Waals surface area contributed by atoms with Crippen LogP contribution in [0.5, 0.6) is 0 Å². The highest BCUT2D eigenvalue weighted by Gasteiger charge is 2.31. The van der Waals surface area contributed by atoms with Crippen LogP contribution >= 0.6 is 11.6 Å². The average Bonchev–Trinajstić information content (AvgIpc) is 2.58. The van der Waals surface area contributed by atoms with Crippen molar-refractivity contribution >= 4 is 23.1 Å². The minimum Gasteiger partial charge on any atom is -0.399 e. The van der Waals surface area contributed by atoms with Gasteiger partial charge in [-0.15, -0.1) is 0 Å². The van der Waals surface area contributed by atoms with Crippen molar-refractivity contribution in [1.82, 2.24) is 4.98 Å². The van der Waals surface area contributed by atoms with Crippen LogP contribution in [0.1, 0.15) is 33.1 Å². The van der Waals surface area contributed by atoms with Crippen molar-refractivity contribution in [3.63, 3.8) is 0 Å². The Morgan fingerprint density at radius 2 is 2.24 bits per heavy atom. The molecule has 0 amide bonds. The molecule has 0 bridgehead atoms. The molecule has 0 radical (unpaired) electrons. The minimum atomic E-state index is 0.449. The van der Waals surface area contributed by atoms with Crippen molar-refractivity contribution < 1.29 is 0 Å². The van der Waals surface area contributed by atoms with E-state index in [1.165, 1.54) is 19.3 Å². The fraction of sp³-hybridized carbons (Fsp3) is 0.615. The molecule has 17 heavy (non-hydrogen) atoms. The van der Waals surface area contributed by atoms with Gasteiger partial charge < -0.3 is 11.1 Å². The molecule has 1 aliphatic carbocycles. The SMILES string of the molecule is CCC1CCC(Nc2cc(N)cc(Cl)n2)C1C. The third-order valence-electron chi connectivity index (χ3n) is 3.90. The van der Waals surface area contributed by atoms with Gasteiger partial charge in [-0.05, 0) is 30.7 Å². The van der Waals surface area contributed by atoms with Gasteiger partial charge in [-0.3, -0.25) is 0 Å². The van der Waals surface area contributed by atoms with Gasteiger partial charge in [-0.2, -0.15) is 0 Å². The first-order valence-corrected chi connectivity index (χ1v) is 6.67. The molecular weight excluding hydrogens is 234 g/mol. The van der Waals surface area contributed by atoms with Gasteiger partial charge in [0.2, 0.25) is 0 Å². The maximum Gasteiger partial charge on any atom is 0.133 e. The molecule has 1 saturated carbocycles. The summed E-state index contributed by atoms with van der Waals surface area (Å²) in [4.78, 5) is 4.26. The predicted octanol–water partition coefficient (Wildman–Crippen LogP) is 3.55. The number of anilines is 2. The van der Waals surface area contributed by atoms with Gasteiger partial charge in [0.25, 0.3) is 0 Å². The number of pyridine rings is 1. The van der Waals surface area contributed by atoms with Crippen LogP contribution in [0.15, 0.2) is 12.1 Å². The van der Waals surface area contributed by atoms with Gasteiger partial charge in [0.05, 0.1) is 0 Å². The number of rotatable bonds is 3. The van der Waals surface area contributed by atoms with Gasteiger partial charge in [0.15, 0.2) is 0 Å². The normalized spacial score (nSPS) is 28.3. The Morgan fingerprint density at radius 3 is 2.82 bits per heavy atom. The first kappa shape index (κ1) is 12.5. The summed E-state index contributed by atoms with van der Waals surface area (Å²) >= 11 is 5.90. The van der Waals surface area contributed by atoms with E-state index in [1.807, 2.05) is 6.07 Å². The number of nitrogens with zero attached hydrogens (tertiary/aromatic N) is 1. The number of hydrogen-bond donors (Lipinski definition) is 2. The van der Waals surface area contributed by atoms with Crippen LogP contribution in [0.2, 0.25) is 5.15 Å². The van der Waals surface area contributed by atoms with Crippen LogP contribution in [0.4, 0.5) is 11.5 Å². The van der Waals surface area contributed by atoms with Gasteiger partial charge >= 0.3 is 0 Å². The van der Waals surface area contributed by atoms with E-state index in [4.69, 9.17) is 17.3 Å². The Labute approximate surface area is 108 Å². The molecule has 0 aromatic carbocycles. The van der Waals surface area contributed by atoms with E-state index in [2.05, 4.69) is 24.1 Å². The zero-order valence-corrected chi connectivity index (χ0v) is 11.2. The molecule has 0 saturated heterocycles. The summed E-state index contributed by atoms with van der Waals surface area (Å²) in [5.74, 6) is 2.30. The van der Waals surface area contributed by atoms with Gasteiger partial charge in [-0.1, -0.05) is 31.9 Å². The van der Waals surface area contributed by atoms with E-state index in [9.17, 15) is 0 Å². The highest BCUT2D eigenvalue weighted by atomic mass is 35.5. The Balaban J connectivity index is 2.06. The van der Waals surface area contributed by atoms with E-state index in [1.54, 1.807) is 6.07 Å². The van der Waals surface area contributed by atoms with Crippen LogP contribution in [-0.4, -0.2) is 11.0 Å². The molecule has 3 unspecified atom stereocenters. The second-order valence-electron chi connectivity index (χ2n) is 4.96. The molecule has 4 heteroatoms. The van der Waals surface area contributed by atoms with Crippen LogP contribution in [0.25, 0.3) is 0 Å². The first-order valence-electron chi connectivity index (χ1n) is 6.29. The lowest BCUT2D eigenvalue weighted by Crippen LogP contribution is -2.25. The maximum absolute atomic E-state index is 5.90. The van der Waals surface area contributed by atoms with E-state index < -0.39 is 0 Å². The van der Waals surface area contributed by atoms with Crippen molar-refractivity contribution in [2.75, 3.05) is 11.1 Å². The molecule has 0 aliphatic heterocycles. The zero-order valence-electron chi connectivity index (χ0n) is 10.4. The maximum atomic E-state index is 5.90. The van der Waals surface area contributed by atoms with Crippen molar-refractivity contribution in [3.05, 3.63) is 17.3 Å². The molecule has 3 atom stereocenters. The lowest BCUT2D eigenvalue weighted by atomic mass is 9.93. The summed E-state index contributed by atoms with van der Waals surface area (Å²) in [6, 6.07) is 4.00. The molecule has 1 aliphatic rings. The van der Waals surface area contributed by atoms with Gasteiger partial charge in [0.1, 0.15) is 11.0 Å². The van der Waals surface area contributed by atoms with E-state index in [0.29, 0.717) is 22.8 Å². The smallest absolute Gasteiger partial charge is 0.133 e. The number of halogens is 1. The summed E-state index contributed by atoms with van der Waals surface area (Å²) in [6.45, 7) is 4.58. The summed E-state index contributed by atoms with van der Waals surface area (Å²) in [6.07, 6.45) is 3.75. The third kappa shape index (κ3) is 2.83. The number of nitrogens with one attached hydrogen (secondary N) is 1. The van der Waals surface area contributed by atoms with Crippen LogP contribution in [0.3, 0.4) is 0 Å². The standard InChI is InChI=1S/C13H20ClN3/c1-3-9-4-5-11(8(9)2)16-13-7-10(15)6-12(14)17-13/h6-9,11H,3-5H2,1-2H3,(H3,15,16,17). The Hall–Kier alpha value is -0.960. The fourth-order valence-electron chi connectivity index (χ4n) is 2.81. The summed E-state index contributed by atoms with van der Waals surface area (Å²) < 4.78 is 0. The quantitative estimate of drug-likeness (QED) is 0.810. The molecule has 3 nitrogen and oxygen atoms in total. The van der Waals surface area contributed by atoms with Gasteiger partial charge in [-0.25, -0.2) is 4.98 Å². The minimum absolute atomic E-state index is 0.449. The fourth-order valence-corrected chi connectivity index (χ4v) is 3.03. The van der Waals surface area contributed by atoms with Crippen molar-refractivity contribution in [2.45, 2.75) is 39.2 Å².